The van der Waals surface area contributed by atoms with E-state index >= 15 is 0 Å². The predicted molar refractivity (Wildman–Crippen MR) is 38.9 cm³/mol. The van der Waals surface area contributed by atoms with Crippen LogP contribution in [0.3, 0.4) is 0 Å². The number of hydrogen-bond acceptors (Lipinski definition) is 4. The van der Waals surface area contributed by atoms with Gasteiger partial charge in [-0.15, -0.1) is 0 Å². The molecule has 1 rings (SSSR count). The summed E-state index contributed by atoms with van der Waals surface area (Å²) in [5.74, 6) is -1.42. The molecule has 0 bridgehead atoms. The molecule has 0 fully saturated rings. The maximum absolute atomic E-state index is 10.6. The number of imidazole rings is 1. The second-order valence-electron chi connectivity index (χ2n) is 2.07. The lowest BCUT2D eigenvalue weighted by atomic mass is 10.3. The Balaban J connectivity index is 3.41. The van der Waals surface area contributed by atoms with Crippen molar-refractivity contribution in [2.24, 2.45) is 5.73 Å². The minimum atomic E-state index is -1.42. The summed E-state index contributed by atoms with van der Waals surface area (Å²) in [6, 6.07) is 0.538. The number of amides is 1. The van der Waals surface area contributed by atoms with E-state index in [1.54, 1.807) is 0 Å². The first kappa shape index (κ1) is 8.73. The van der Waals surface area contributed by atoms with E-state index in [9.17, 15) is 9.59 Å². The van der Waals surface area contributed by atoms with Gasteiger partial charge in [-0.1, -0.05) is 0 Å². The van der Waals surface area contributed by atoms with E-state index in [0.717, 1.165) is 6.33 Å². The van der Waals surface area contributed by atoms with Gasteiger partial charge in [0.1, 0.15) is 12.4 Å². The van der Waals surface area contributed by atoms with Gasteiger partial charge in [0, 0.05) is 0 Å². The van der Waals surface area contributed by atoms with Gasteiger partial charge >= 0.3 is 12.0 Å². The number of nitriles is 1. The zero-order chi connectivity index (χ0) is 10.0. The number of carbonyl (C=O) groups excluding carboxylic acids is 1. The van der Waals surface area contributed by atoms with Gasteiger partial charge in [-0.25, -0.2) is 19.1 Å². The fourth-order valence-corrected chi connectivity index (χ4v) is 0.802. The SMILES string of the molecule is N#Cc1ncn(C(N)=O)c1C(=O)O. The number of carbonyl (C=O) groups is 2. The zero-order valence-electron chi connectivity index (χ0n) is 6.26. The third-order valence-corrected chi connectivity index (χ3v) is 1.31. The topological polar surface area (TPSA) is 122 Å². The summed E-state index contributed by atoms with van der Waals surface area (Å²) < 4.78 is 0.598. The van der Waals surface area contributed by atoms with Crippen LogP contribution in [-0.4, -0.2) is 26.7 Å². The van der Waals surface area contributed by atoms with Crippen molar-refractivity contribution in [1.29, 1.82) is 5.26 Å². The number of hydrogen-bond donors (Lipinski definition) is 2. The Bertz CT molecular complexity index is 414. The second-order valence-corrected chi connectivity index (χ2v) is 2.07. The molecule has 0 radical (unpaired) electrons. The molecule has 7 nitrogen and oxygen atoms in total. The van der Waals surface area contributed by atoms with Crippen molar-refractivity contribution < 1.29 is 14.7 Å². The molecule has 1 aromatic rings. The van der Waals surface area contributed by atoms with Crippen LogP contribution < -0.4 is 5.73 Å². The van der Waals surface area contributed by atoms with Gasteiger partial charge in [-0.05, 0) is 0 Å². The van der Waals surface area contributed by atoms with Gasteiger partial charge < -0.3 is 10.8 Å². The van der Waals surface area contributed by atoms with E-state index < -0.39 is 17.7 Å². The van der Waals surface area contributed by atoms with Crippen molar-refractivity contribution in [1.82, 2.24) is 9.55 Å². The molecule has 1 aromatic heterocycles. The first-order chi connectivity index (χ1) is 6.07. The summed E-state index contributed by atoms with van der Waals surface area (Å²) >= 11 is 0. The number of primary amides is 1. The highest BCUT2D eigenvalue weighted by atomic mass is 16.4. The summed E-state index contributed by atoms with van der Waals surface area (Å²) in [6.07, 6.45) is 0.893. The molecule has 0 spiro atoms. The first-order valence-electron chi connectivity index (χ1n) is 3.08. The van der Waals surface area contributed by atoms with Gasteiger partial charge in [0.05, 0.1) is 0 Å². The number of rotatable bonds is 1. The van der Waals surface area contributed by atoms with Crippen molar-refractivity contribution in [3.8, 4) is 6.07 Å². The van der Waals surface area contributed by atoms with Crippen LogP contribution in [0.15, 0.2) is 6.33 Å². The Labute approximate surface area is 72.0 Å². The van der Waals surface area contributed by atoms with Gasteiger partial charge in [-0.2, -0.15) is 5.26 Å². The maximum Gasteiger partial charge on any atom is 0.356 e. The lowest BCUT2D eigenvalue weighted by Crippen LogP contribution is -2.23. The number of aromatic nitrogens is 2. The highest BCUT2D eigenvalue weighted by Gasteiger charge is 2.19. The average Bonchev–Trinajstić information content (AvgIpc) is 2.46. The van der Waals surface area contributed by atoms with Crippen LogP contribution in [0.1, 0.15) is 16.2 Å². The van der Waals surface area contributed by atoms with E-state index in [4.69, 9.17) is 16.1 Å². The molecule has 1 amide bonds. The number of nitrogens with zero attached hydrogens (tertiary/aromatic N) is 3. The molecule has 0 saturated carbocycles. The minimum Gasteiger partial charge on any atom is -0.476 e. The smallest absolute Gasteiger partial charge is 0.356 e. The third kappa shape index (κ3) is 1.32. The summed E-state index contributed by atoms with van der Waals surface area (Å²) in [5.41, 5.74) is 3.97. The summed E-state index contributed by atoms with van der Waals surface area (Å²) in [5, 5.41) is 17.0. The van der Waals surface area contributed by atoms with Gasteiger partial charge in [0.2, 0.25) is 0 Å². The van der Waals surface area contributed by atoms with Crippen molar-refractivity contribution >= 4 is 12.0 Å². The van der Waals surface area contributed by atoms with Crippen molar-refractivity contribution in [3.05, 3.63) is 17.7 Å². The molecule has 0 aliphatic carbocycles. The van der Waals surface area contributed by atoms with Crippen LogP contribution in [0.2, 0.25) is 0 Å². The Morgan fingerprint density at radius 1 is 1.69 bits per heavy atom. The lowest BCUT2D eigenvalue weighted by molar-refractivity contribution is 0.0686. The van der Waals surface area contributed by atoms with E-state index in [0.29, 0.717) is 4.57 Å². The molecular weight excluding hydrogens is 176 g/mol. The van der Waals surface area contributed by atoms with Crippen LogP contribution in [0.25, 0.3) is 0 Å². The first-order valence-corrected chi connectivity index (χ1v) is 3.08. The van der Waals surface area contributed by atoms with Crippen LogP contribution in [0.4, 0.5) is 4.79 Å². The Hall–Kier alpha value is -2.36. The van der Waals surface area contributed by atoms with Gasteiger partial charge in [0.15, 0.2) is 11.4 Å². The number of carboxylic acid groups (broad SMARTS) is 1. The van der Waals surface area contributed by atoms with E-state index in [-0.39, 0.29) is 5.69 Å². The van der Waals surface area contributed by atoms with Crippen LogP contribution in [0.5, 0.6) is 0 Å². The van der Waals surface area contributed by atoms with Crippen LogP contribution in [-0.2, 0) is 0 Å². The molecule has 7 heteroatoms. The molecule has 13 heavy (non-hydrogen) atoms. The Kier molecular flexibility index (Phi) is 1.98. The van der Waals surface area contributed by atoms with Crippen LogP contribution >= 0.6 is 0 Å². The van der Waals surface area contributed by atoms with Crippen LogP contribution in [0, 0.1) is 11.3 Å². The Morgan fingerprint density at radius 3 is 2.69 bits per heavy atom. The van der Waals surface area contributed by atoms with Gasteiger partial charge in [-0.3, -0.25) is 0 Å². The highest BCUT2D eigenvalue weighted by molar-refractivity contribution is 5.93. The second kappa shape index (κ2) is 2.94. The quantitative estimate of drug-likeness (QED) is 0.596. The average molecular weight is 180 g/mol. The summed E-state index contributed by atoms with van der Waals surface area (Å²) in [4.78, 5) is 24.6. The van der Waals surface area contributed by atoms with Crippen molar-refractivity contribution in [2.75, 3.05) is 0 Å². The molecule has 1 heterocycles. The number of nitrogens with two attached hydrogens (primary N) is 1. The minimum absolute atomic E-state index is 0.341. The fourth-order valence-electron chi connectivity index (χ4n) is 0.802. The van der Waals surface area contributed by atoms with E-state index in [1.165, 1.54) is 6.07 Å². The highest BCUT2D eigenvalue weighted by Crippen LogP contribution is 2.05. The molecule has 0 aliphatic rings. The Morgan fingerprint density at radius 2 is 2.31 bits per heavy atom. The standard InChI is InChI=1S/C6H4N4O3/c7-1-3-4(5(11)12)10(2-9-3)6(8)13/h2H,(H2,8,13)(H,11,12). The number of carboxylic acids is 1. The molecule has 0 aromatic carbocycles. The summed E-state index contributed by atoms with van der Waals surface area (Å²) in [7, 11) is 0. The molecule has 0 unspecified atom stereocenters. The molecule has 66 valence electrons. The fraction of sp³-hybridized carbons (Fsp3) is 0. The van der Waals surface area contributed by atoms with E-state index in [1.807, 2.05) is 0 Å². The molecule has 3 N–H and O–H groups in total. The molecule has 0 aliphatic heterocycles. The van der Waals surface area contributed by atoms with Crippen molar-refractivity contribution in [3.63, 3.8) is 0 Å². The normalized spacial score (nSPS) is 9.15. The maximum atomic E-state index is 10.6. The molecule has 0 atom stereocenters. The lowest BCUT2D eigenvalue weighted by Gasteiger charge is -1.96. The predicted octanol–water partition coefficient (Wildman–Crippen LogP) is -0.620. The molecule has 0 saturated heterocycles. The monoisotopic (exact) mass is 180 g/mol. The van der Waals surface area contributed by atoms with E-state index in [2.05, 4.69) is 4.98 Å². The van der Waals surface area contributed by atoms with Gasteiger partial charge in [0.25, 0.3) is 0 Å². The zero-order valence-corrected chi connectivity index (χ0v) is 6.26. The number of aromatic carboxylic acids is 1. The summed E-state index contributed by atoms with van der Waals surface area (Å²) in [6.45, 7) is 0. The van der Waals surface area contributed by atoms with Crippen molar-refractivity contribution in [2.45, 2.75) is 0 Å². The third-order valence-electron chi connectivity index (χ3n) is 1.31. The largest absolute Gasteiger partial charge is 0.476 e. The molecular formula is C6H4N4O3.